The van der Waals surface area contributed by atoms with E-state index in [1.165, 1.54) is 5.70 Å². The van der Waals surface area contributed by atoms with Crippen molar-refractivity contribution < 1.29 is 0 Å². The monoisotopic (exact) mass is 155 g/mol. The summed E-state index contributed by atoms with van der Waals surface area (Å²) < 4.78 is 0. The zero-order valence-electron chi connectivity index (χ0n) is 6.46. The molecule has 1 nitrogen and oxygen atoms in total. The zero-order chi connectivity index (χ0) is 7.56. The van der Waals surface area contributed by atoms with Crippen LogP contribution in [-0.4, -0.2) is 19.0 Å². The van der Waals surface area contributed by atoms with Crippen LogP contribution in [0.3, 0.4) is 0 Å². The van der Waals surface area contributed by atoms with Gasteiger partial charge in [-0.15, -0.1) is 12.6 Å². The van der Waals surface area contributed by atoms with Crippen molar-refractivity contribution in [3.63, 3.8) is 0 Å². The Bertz CT molecular complexity index is 180. The number of nitrogens with zero attached hydrogens (tertiary/aromatic N) is 1. The van der Waals surface area contributed by atoms with Gasteiger partial charge in [-0.25, -0.2) is 0 Å². The lowest BCUT2D eigenvalue weighted by atomic mass is 10.1. The van der Waals surface area contributed by atoms with Crippen molar-refractivity contribution in [2.75, 3.05) is 14.1 Å². The first-order valence-corrected chi connectivity index (χ1v) is 3.92. The lowest BCUT2D eigenvalue weighted by Crippen LogP contribution is -2.12. The van der Waals surface area contributed by atoms with Gasteiger partial charge in [0, 0.05) is 24.7 Å². The van der Waals surface area contributed by atoms with Crippen molar-refractivity contribution in [2.24, 2.45) is 0 Å². The largest absolute Gasteiger partial charge is 0.381 e. The van der Waals surface area contributed by atoms with E-state index in [9.17, 15) is 0 Å². The minimum Gasteiger partial charge on any atom is -0.381 e. The summed E-state index contributed by atoms with van der Waals surface area (Å²) in [6, 6.07) is 0. The van der Waals surface area contributed by atoms with Crippen LogP contribution in [0.25, 0.3) is 0 Å². The first-order chi connectivity index (χ1) is 4.70. The molecule has 0 atom stereocenters. The molecule has 0 amide bonds. The molecular weight excluding hydrogens is 142 g/mol. The topological polar surface area (TPSA) is 3.24 Å². The van der Waals surface area contributed by atoms with Crippen LogP contribution in [0.2, 0.25) is 0 Å². The molecule has 0 aromatic rings. The molecule has 1 aliphatic carbocycles. The summed E-state index contributed by atoms with van der Waals surface area (Å²) in [4.78, 5) is 3.23. The molecule has 0 spiro atoms. The molecule has 0 fully saturated rings. The van der Waals surface area contributed by atoms with E-state index in [0.29, 0.717) is 0 Å². The third-order valence-electron chi connectivity index (χ3n) is 1.64. The second-order valence-corrected chi connectivity index (χ2v) is 3.21. The quantitative estimate of drug-likeness (QED) is 0.567. The second kappa shape index (κ2) is 3.15. The van der Waals surface area contributed by atoms with Gasteiger partial charge in [0.15, 0.2) is 0 Å². The Morgan fingerprint density at radius 1 is 1.50 bits per heavy atom. The highest BCUT2D eigenvalue weighted by Crippen LogP contribution is 2.20. The average Bonchev–Trinajstić information content (AvgIpc) is 1.88. The molecule has 10 heavy (non-hydrogen) atoms. The fourth-order valence-electron chi connectivity index (χ4n) is 1.02. The SMILES string of the molecule is CN(C)C1=CC(S)=CCC1. The molecule has 0 unspecified atom stereocenters. The summed E-state index contributed by atoms with van der Waals surface area (Å²) in [5.74, 6) is 0. The van der Waals surface area contributed by atoms with E-state index in [1.807, 2.05) is 0 Å². The van der Waals surface area contributed by atoms with Crippen molar-refractivity contribution >= 4 is 12.6 Å². The summed E-state index contributed by atoms with van der Waals surface area (Å²) >= 11 is 4.27. The van der Waals surface area contributed by atoms with E-state index in [4.69, 9.17) is 0 Å². The molecule has 0 saturated carbocycles. The molecule has 0 bridgehead atoms. The molecule has 0 radical (unpaired) electrons. The van der Waals surface area contributed by atoms with Crippen LogP contribution in [-0.2, 0) is 0 Å². The highest BCUT2D eigenvalue weighted by atomic mass is 32.1. The highest BCUT2D eigenvalue weighted by molar-refractivity contribution is 7.84. The number of allylic oxidation sites excluding steroid dienone is 3. The van der Waals surface area contributed by atoms with E-state index in [0.717, 1.165) is 17.7 Å². The van der Waals surface area contributed by atoms with E-state index in [2.05, 4.69) is 43.8 Å². The Morgan fingerprint density at radius 2 is 2.20 bits per heavy atom. The Hall–Kier alpha value is -0.370. The summed E-state index contributed by atoms with van der Waals surface area (Å²) in [5.41, 5.74) is 1.37. The average molecular weight is 155 g/mol. The summed E-state index contributed by atoms with van der Waals surface area (Å²) in [6.45, 7) is 0. The first kappa shape index (κ1) is 7.73. The molecule has 0 heterocycles. The molecule has 0 saturated heterocycles. The summed E-state index contributed by atoms with van der Waals surface area (Å²) in [5, 5.41) is 0. The van der Waals surface area contributed by atoms with Crippen LogP contribution in [0, 0.1) is 0 Å². The number of thiol groups is 1. The lowest BCUT2D eigenvalue weighted by Gasteiger charge is -2.19. The van der Waals surface area contributed by atoms with Crippen molar-refractivity contribution in [1.29, 1.82) is 0 Å². The first-order valence-electron chi connectivity index (χ1n) is 3.47. The van der Waals surface area contributed by atoms with Crippen molar-refractivity contribution in [1.82, 2.24) is 4.90 Å². The Labute approximate surface area is 67.8 Å². The van der Waals surface area contributed by atoms with Gasteiger partial charge in [-0.05, 0) is 18.9 Å². The van der Waals surface area contributed by atoms with Gasteiger partial charge >= 0.3 is 0 Å². The zero-order valence-corrected chi connectivity index (χ0v) is 7.36. The van der Waals surface area contributed by atoms with Gasteiger partial charge < -0.3 is 4.90 Å². The standard InChI is InChI=1S/C8H13NS/c1-9(2)7-4-3-5-8(10)6-7/h5-6,10H,3-4H2,1-2H3. The third kappa shape index (κ3) is 1.81. The predicted octanol–water partition coefficient (Wildman–Crippen LogP) is 2.04. The van der Waals surface area contributed by atoms with Gasteiger partial charge in [-0.2, -0.15) is 0 Å². The van der Waals surface area contributed by atoms with Crippen molar-refractivity contribution in [3.8, 4) is 0 Å². The van der Waals surface area contributed by atoms with Crippen LogP contribution in [0.1, 0.15) is 12.8 Å². The number of rotatable bonds is 1. The number of hydrogen-bond donors (Lipinski definition) is 1. The van der Waals surface area contributed by atoms with Crippen LogP contribution in [0.5, 0.6) is 0 Å². The Balaban J connectivity index is 2.69. The molecule has 1 rings (SSSR count). The van der Waals surface area contributed by atoms with Gasteiger partial charge in [-0.1, -0.05) is 6.08 Å². The lowest BCUT2D eigenvalue weighted by molar-refractivity contribution is 0.485. The van der Waals surface area contributed by atoms with Crippen LogP contribution in [0.15, 0.2) is 22.8 Å². The smallest absolute Gasteiger partial charge is 0.0142 e. The Kier molecular flexibility index (Phi) is 2.44. The van der Waals surface area contributed by atoms with Crippen LogP contribution >= 0.6 is 12.6 Å². The number of hydrogen-bond acceptors (Lipinski definition) is 2. The summed E-state index contributed by atoms with van der Waals surface area (Å²) in [6.07, 6.45) is 6.54. The maximum atomic E-state index is 4.27. The molecule has 56 valence electrons. The molecule has 2 heteroatoms. The van der Waals surface area contributed by atoms with Gasteiger partial charge in [0.1, 0.15) is 0 Å². The van der Waals surface area contributed by atoms with Gasteiger partial charge in [0.25, 0.3) is 0 Å². The maximum absolute atomic E-state index is 4.27. The molecule has 1 aliphatic rings. The Morgan fingerprint density at radius 3 is 2.60 bits per heavy atom. The fourth-order valence-corrected chi connectivity index (χ4v) is 1.30. The second-order valence-electron chi connectivity index (χ2n) is 2.70. The molecule has 0 aromatic heterocycles. The van der Waals surface area contributed by atoms with Gasteiger partial charge in [-0.3, -0.25) is 0 Å². The van der Waals surface area contributed by atoms with Crippen LogP contribution < -0.4 is 0 Å². The normalized spacial score (nSPS) is 17.9. The molecular formula is C8H13NS. The van der Waals surface area contributed by atoms with Crippen molar-refractivity contribution in [2.45, 2.75) is 12.8 Å². The van der Waals surface area contributed by atoms with Crippen molar-refractivity contribution in [3.05, 3.63) is 22.8 Å². The van der Waals surface area contributed by atoms with E-state index >= 15 is 0 Å². The van der Waals surface area contributed by atoms with E-state index in [1.54, 1.807) is 0 Å². The minimum atomic E-state index is 1.09. The third-order valence-corrected chi connectivity index (χ3v) is 1.95. The van der Waals surface area contributed by atoms with E-state index in [-0.39, 0.29) is 0 Å². The summed E-state index contributed by atoms with van der Waals surface area (Å²) in [7, 11) is 4.14. The fraction of sp³-hybridized carbons (Fsp3) is 0.500. The predicted molar refractivity (Wildman–Crippen MR) is 48.1 cm³/mol. The highest BCUT2D eigenvalue weighted by Gasteiger charge is 2.03. The van der Waals surface area contributed by atoms with Crippen LogP contribution in [0.4, 0.5) is 0 Å². The molecule has 0 aromatic carbocycles. The van der Waals surface area contributed by atoms with Gasteiger partial charge in [0.05, 0.1) is 0 Å². The molecule has 0 N–H and O–H groups in total. The maximum Gasteiger partial charge on any atom is 0.0142 e. The van der Waals surface area contributed by atoms with E-state index < -0.39 is 0 Å². The minimum absolute atomic E-state index is 1.09. The molecule has 0 aliphatic heterocycles. The van der Waals surface area contributed by atoms with Gasteiger partial charge in [0.2, 0.25) is 0 Å².